The molecule has 2 aliphatic rings. The highest BCUT2D eigenvalue weighted by Gasteiger charge is 2.29. The van der Waals surface area contributed by atoms with Crippen molar-refractivity contribution in [2.24, 2.45) is 0 Å². The van der Waals surface area contributed by atoms with Crippen molar-refractivity contribution in [3.05, 3.63) is 59.9 Å². The van der Waals surface area contributed by atoms with E-state index in [-0.39, 0.29) is 17.8 Å². The van der Waals surface area contributed by atoms with Gasteiger partial charge in [-0.3, -0.25) is 4.79 Å². The van der Waals surface area contributed by atoms with Crippen molar-refractivity contribution in [1.29, 1.82) is 0 Å². The number of para-hydroxylation sites is 2. The maximum Gasteiger partial charge on any atom is 0.222 e. The van der Waals surface area contributed by atoms with Crippen LogP contribution in [0.15, 0.2) is 48.5 Å². The summed E-state index contributed by atoms with van der Waals surface area (Å²) < 4.78 is 19.3. The van der Waals surface area contributed by atoms with Crippen LogP contribution >= 0.6 is 0 Å². The second-order valence-electron chi connectivity index (χ2n) is 8.50. The summed E-state index contributed by atoms with van der Waals surface area (Å²) in [7, 11) is 0. The highest BCUT2D eigenvalue weighted by atomic mass is 19.1. The van der Waals surface area contributed by atoms with Gasteiger partial charge in [0.2, 0.25) is 5.91 Å². The highest BCUT2D eigenvalue weighted by Crippen LogP contribution is 2.35. The lowest BCUT2D eigenvalue weighted by molar-refractivity contribution is -0.121. The van der Waals surface area contributed by atoms with Gasteiger partial charge in [-0.1, -0.05) is 30.7 Å². The van der Waals surface area contributed by atoms with Crippen molar-refractivity contribution in [3.8, 4) is 5.75 Å². The fourth-order valence-electron chi connectivity index (χ4n) is 4.46. The second-order valence-corrected chi connectivity index (χ2v) is 8.50. The monoisotopic (exact) mass is 425 g/mol. The summed E-state index contributed by atoms with van der Waals surface area (Å²) in [5, 5.41) is 3.09. The maximum absolute atomic E-state index is 13.3. The van der Waals surface area contributed by atoms with Crippen LogP contribution in [-0.4, -0.2) is 49.6 Å². The first-order chi connectivity index (χ1) is 15.2. The Kier molecular flexibility index (Phi) is 7.41. The Hall–Kier alpha value is -2.60. The number of carbonyl (C=O) groups is 1. The molecular formula is C25H32FN3O2. The lowest BCUT2D eigenvalue weighted by Gasteiger charge is -2.38. The molecular weight excluding hydrogens is 393 g/mol. The van der Waals surface area contributed by atoms with E-state index in [0.717, 1.165) is 30.0 Å². The van der Waals surface area contributed by atoms with Gasteiger partial charge in [-0.15, -0.1) is 0 Å². The summed E-state index contributed by atoms with van der Waals surface area (Å²) in [4.78, 5) is 17.4. The number of nitrogens with one attached hydrogen (secondary N) is 1. The Morgan fingerprint density at radius 2 is 1.84 bits per heavy atom. The Morgan fingerprint density at radius 3 is 2.65 bits per heavy atom. The molecule has 5 nitrogen and oxygen atoms in total. The number of rotatable bonds is 8. The summed E-state index contributed by atoms with van der Waals surface area (Å²) in [5.41, 5.74) is 1.98. The molecule has 1 N–H and O–H groups in total. The predicted octanol–water partition coefficient (Wildman–Crippen LogP) is 3.98. The van der Waals surface area contributed by atoms with Gasteiger partial charge in [-0.05, 0) is 68.7 Å². The Bertz CT molecular complexity index is 852. The third-order valence-electron chi connectivity index (χ3n) is 6.16. The molecule has 1 amide bonds. The smallest absolute Gasteiger partial charge is 0.222 e. The molecule has 6 heteroatoms. The van der Waals surface area contributed by atoms with Crippen molar-refractivity contribution >= 4 is 11.6 Å². The zero-order chi connectivity index (χ0) is 21.5. The second kappa shape index (κ2) is 10.6. The summed E-state index contributed by atoms with van der Waals surface area (Å²) in [6.07, 6.45) is 5.28. The van der Waals surface area contributed by atoms with Gasteiger partial charge in [0.15, 0.2) is 0 Å². The predicted molar refractivity (Wildman–Crippen MR) is 121 cm³/mol. The molecule has 0 aromatic heterocycles. The standard InChI is InChI=1S/C25H32FN3O2/c26-21-11-9-20(10-12-21)18-29-22(19-31-24-8-3-2-7-23(24)29)17-25(30)27-13-6-16-28-14-4-1-5-15-28/h2-3,7-12,22H,1,4-6,13-19H2,(H,27,30)/t22-/m1/s1. The van der Waals surface area contributed by atoms with Crippen LogP contribution in [0.5, 0.6) is 5.75 Å². The molecule has 1 fully saturated rings. The maximum atomic E-state index is 13.3. The lowest BCUT2D eigenvalue weighted by atomic mass is 10.1. The van der Waals surface area contributed by atoms with Crippen molar-refractivity contribution < 1.29 is 13.9 Å². The van der Waals surface area contributed by atoms with E-state index in [0.29, 0.717) is 26.1 Å². The molecule has 0 unspecified atom stereocenters. The van der Waals surface area contributed by atoms with Gasteiger partial charge in [0.05, 0.1) is 18.2 Å². The minimum absolute atomic E-state index is 0.0516. The van der Waals surface area contributed by atoms with Crippen LogP contribution in [0.25, 0.3) is 0 Å². The summed E-state index contributed by atoms with van der Waals surface area (Å²) in [6.45, 7) is 5.19. The summed E-state index contributed by atoms with van der Waals surface area (Å²) >= 11 is 0. The van der Waals surface area contributed by atoms with Gasteiger partial charge in [0.1, 0.15) is 18.2 Å². The molecule has 0 aliphatic carbocycles. The largest absolute Gasteiger partial charge is 0.489 e. The third-order valence-corrected chi connectivity index (χ3v) is 6.16. The number of fused-ring (bicyclic) bond motifs is 1. The molecule has 1 atom stereocenters. The fourth-order valence-corrected chi connectivity index (χ4v) is 4.46. The van der Waals surface area contributed by atoms with Crippen LogP contribution in [0.2, 0.25) is 0 Å². The first-order valence-corrected chi connectivity index (χ1v) is 11.4. The molecule has 0 bridgehead atoms. The first-order valence-electron chi connectivity index (χ1n) is 11.4. The zero-order valence-corrected chi connectivity index (χ0v) is 18.1. The molecule has 166 valence electrons. The molecule has 0 radical (unpaired) electrons. The number of hydrogen-bond acceptors (Lipinski definition) is 4. The molecule has 2 aliphatic heterocycles. The van der Waals surface area contributed by atoms with E-state index >= 15 is 0 Å². The van der Waals surface area contributed by atoms with Crippen LogP contribution in [0.1, 0.15) is 37.7 Å². The van der Waals surface area contributed by atoms with E-state index in [4.69, 9.17) is 4.74 Å². The van der Waals surface area contributed by atoms with Crippen LogP contribution in [0.4, 0.5) is 10.1 Å². The van der Waals surface area contributed by atoms with Crippen molar-refractivity contribution in [1.82, 2.24) is 10.2 Å². The first kappa shape index (κ1) is 21.6. The van der Waals surface area contributed by atoms with Crippen LogP contribution in [-0.2, 0) is 11.3 Å². The third kappa shape index (κ3) is 5.97. The molecule has 0 saturated carbocycles. The van der Waals surface area contributed by atoms with Crippen LogP contribution in [0.3, 0.4) is 0 Å². The van der Waals surface area contributed by atoms with Gasteiger partial charge in [-0.25, -0.2) is 4.39 Å². The molecule has 31 heavy (non-hydrogen) atoms. The van der Waals surface area contributed by atoms with Crippen LogP contribution < -0.4 is 15.0 Å². The normalized spacial score (nSPS) is 18.9. The number of ether oxygens (including phenoxy) is 1. The van der Waals surface area contributed by atoms with E-state index in [1.807, 2.05) is 24.3 Å². The van der Waals surface area contributed by atoms with E-state index in [2.05, 4.69) is 15.1 Å². The van der Waals surface area contributed by atoms with Gasteiger partial charge >= 0.3 is 0 Å². The highest BCUT2D eigenvalue weighted by molar-refractivity contribution is 5.77. The van der Waals surface area contributed by atoms with E-state index in [1.165, 1.54) is 44.5 Å². The van der Waals surface area contributed by atoms with Gasteiger partial charge in [0.25, 0.3) is 0 Å². The molecule has 1 saturated heterocycles. The average molecular weight is 426 g/mol. The number of nitrogens with zero attached hydrogens (tertiary/aromatic N) is 2. The molecule has 2 heterocycles. The Labute approximate surface area is 184 Å². The number of hydrogen-bond donors (Lipinski definition) is 1. The summed E-state index contributed by atoms with van der Waals surface area (Å²) in [6, 6.07) is 14.4. The number of piperidine rings is 1. The zero-order valence-electron chi connectivity index (χ0n) is 18.1. The minimum atomic E-state index is -0.244. The van der Waals surface area contributed by atoms with Gasteiger partial charge in [0, 0.05) is 13.1 Å². The Morgan fingerprint density at radius 1 is 1.06 bits per heavy atom. The molecule has 2 aromatic carbocycles. The number of halogens is 1. The van der Waals surface area contributed by atoms with E-state index < -0.39 is 0 Å². The van der Waals surface area contributed by atoms with E-state index in [9.17, 15) is 9.18 Å². The fraction of sp³-hybridized carbons (Fsp3) is 0.480. The van der Waals surface area contributed by atoms with Crippen LogP contribution in [0, 0.1) is 5.82 Å². The number of carbonyl (C=O) groups excluding carboxylic acids is 1. The number of likely N-dealkylation sites (tertiary alicyclic amines) is 1. The average Bonchev–Trinajstić information content (AvgIpc) is 2.80. The molecule has 0 spiro atoms. The van der Waals surface area contributed by atoms with Gasteiger partial charge in [-0.2, -0.15) is 0 Å². The van der Waals surface area contributed by atoms with Crippen molar-refractivity contribution in [2.45, 2.75) is 44.7 Å². The Balaban J connectivity index is 1.34. The van der Waals surface area contributed by atoms with Crippen molar-refractivity contribution in [2.75, 3.05) is 37.7 Å². The number of amides is 1. The lowest BCUT2D eigenvalue weighted by Crippen LogP contribution is -2.45. The van der Waals surface area contributed by atoms with Crippen molar-refractivity contribution in [3.63, 3.8) is 0 Å². The number of benzene rings is 2. The topological polar surface area (TPSA) is 44.8 Å². The van der Waals surface area contributed by atoms with E-state index in [1.54, 1.807) is 12.1 Å². The molecule has 2 aromatic rings. The summed E-state index contributed by atoms with van der Waals surface area (Å²) in [5.74, 6) is 0.630. The minimum Gasteiger partial charge on any atom is -0.489 e. The SMILES string of the molecule is O=C(C[C@@H]1COc2ccccc2N1Cc1ccc(F)cc1)NCCCN1CCCCC1. The number of anilines is 1. The van der Waals surface area contributed by atoms with Gasteiger partial charge < -0.3 is 19.9 Å². The molecule has 4 rings (SSSR count). The quantitative estimate of drug-likeness (QED) is 0.650.